The number of benzene rings is 1. The third kappa shape index (κ3) is 2.48. The summed E-state index contributed by atoms with van der Waals surface area (Å²) in [6.45, 7) is 18.6. The Labute approximate surface area is 128 Å². The second-order valence-electron chi connectivity index (χ2n) is 8.33. The van der Waals surface area contributed by atoms with Crippen molar-refractivity contribution in [2.45, 2.75) is 66.4 Å². The lowest BCUT2D eigenvalue weighted by Crippen LogP contribution is -2.63. The molecule has 0 aromatic heterocycles. The lowest BCUT2D eigenvalue weighted by atomic mass is 9.45. The van der Waals surface area contributed by atoms with Crippen molar-refractivity contribution in [1.82, 2.24) is 0 Å². The van der Waals surface area contributed by atoms with Gasteiger partial charge in [-0.2, -0.15) is 0 Å². The molecule has 114 valence electrons. The van der Waals surface area contributed by atoms with Crippen LogP contribution in [0, 0.1) is 10.8 Å². The molecule has 0 saturated heterocycles. The van der Waals surface area contributed by atoms with Crippen molar-refractivity contribution in [2.24, 2.45) is 10.8 Å². The standard InChI is InChI=1S/C18H32OSi/c1-15(2,3)18(16(4,5)6,17(7,8)19-20)14-12-10-9-11-13-14/h9-13H,1-8,20H3. The van der Waals surface area contributed by atoms with Gasteiger partial charge in [0.2, 0.25) is 0 Å². The number of rotatable bonds is 3. The smallest absolute Gasteiger partial charge is 0.146 e. The van der Waals surface area contributed by atoms with Crippen molar-refractivity contribution < 1.29 is 4.43 Å². The molecule has 0 N–H and O–H groups in total. The van der Waals surface area contributed by atoms with Gasteiger partial charge in [0.15, 0.2) is 0 Å². The zero-order valence-electron chi connectivity index (χ0n) is 14.8. The van der Waals surface area contributed by atoms with Crippen molar-refractivity contribution in [3.05, 3.63) is 35.9 Å². The Morgan fingerprint density at radius 1 is 0.750 bits per heavy atom. The van der Waals surface area contributed by atoms with Gasteiger partial charge in [0.25, 0.3) is 0 Å². The average Bonchev–Trinajstić information content (AvgIpc) is 2.26. The summed E-state index contributed by atoms with van der Waals surface area (Å²) in [7, 11) is 0.747. The van der Waals surface area contributed by atoms with Crippen LogP contribution >= 0.6 is 0 Å². The van der Waals surface area contributed by atoms with E-state index in [-0.39, 0.29) is 21.8 Å². The van der Waals surface area contributed by atoms with Gasteiger partial charge in [-0.3, -0.25) is 0 Å². The maximum Gasteiger partial charge on any atom is 0.146 e. The van der Waals surface area contributed by atoms with Gasteiger partial charge in [-0.05, 0) is 30.2 Å². The first-order chi connectivity index (χ1) is 8.92. The van der Waals surface area contributed by atoms with Crippen molar-refractivity contribution in [2.75, 3.05) is 0 Å². The maximum absolute atomic E-state index is 6.15. The van der Waals surface area contributed by atoms with E-state index in [1.54, 1.807) is 0 Å². The van der Waals surface area contributed by atoms with E-state index >= 15 is 0 Å². The molecule has 0 fully saturated rings. The summed E-state index contributed by atoms with van der Waals surface area (Å²) in [5.74, 6) is 0. The zero-order chi connectivity index (χ0) is 15.8. The van der Waals surface area contributed by atoms with Gasteiger partial charge < -0.3 is 4.43 Å². The van der Waals surface area contributed by atoms with E-state index in [0.29, 0.717) is 0 Å². The summed E-state index contributed by atoms with van der Waals surface area (Å²) < 4.78 is 6.15. The molecule has 1 aromatic rings. The van der Waals surface area contributed by atoms with Crippen LogP contribution in [0.25, 0.3) is 0 Å². The van der Waals surface area contributed by atoms with E-state index < -0.39 is 0 Å². The predicted molar refractivity (Wildman–Crippen MR) is 92.1 cm³/mol. The molecule has 1 nitrogen and oxygen atoms in total. The van der Waals surface area contributed by atoms with E-state index in [1.165, 1.54) is 5.56 Å². The summed E-state index contributed by atoms with van der Waals surface area (Å²) in [5, 5.41) is 0. The Balaban J connectivity index is 3.80. The molecule has 1 aromatic carbocycles. The Kier molecular flexibility index (Phi) is 4.63. The summed E-state index contributed by atoms with van der Waals surface area (Å²) in [4.78, 5) is 0. The first kappa shape index (κ1) is 17.4. The van der Waals surface area contributed by atoms with Crippen molar-refractivity contribution in [3.63, 3.8) is 0 Å². The van der Waals surface area contributed by atoms with Crippen LogP contribution in [0.1, 0.15) is 61.0 Å². The largest absolute Gasteiger partial charge is 0.422 e. The summed E-state index contributed by atoms with van der Waals surface area (Å²) in [6, 6.07) is 10.9. The van der Waals surface area contributed by atoms with E-state index in [4.69, 9.17) is 4.43 Å². The molecule has 0 saturated carbocycles. The molecule has 0 atom stereocenters. The van der Waals surface area contributed by atoms with Gasteiger partial charge in [0, 0.05) is 5.41 Å². The van der Waals surface area contributed by atoms with Crippen molar-refractivity contribution in [1.29, 1.82) is 0 Å². The van der Waals surface area contributed by atoms with E-state index in [9.17, 15) is 0 Å². The van der Waals surface area contributed by atoms with Gasteiger partial charge >= 0.3 is 0 Å². The third-order valence-electron chi connectivity index (χ3n) is 4.87. The molecule has 0 aliphatic carbocycles. The van der Waals surface area contributed by atoms with Crippen LogP contribution in [0.4, 0.5) is 0 Å². The fourth-order valence-corrected chi connectivity index (χ4v) is 5.29. The number of hydrogen-bond donors (Lipinski definition) is 0. The highest BCUT2D eigenvalue weighted by molar-refractivity contribution is 5.98. The zero-order valence-corrected chi connectivity index (χ0v) is 16.8. The molecule has 0 heterocycles. The first-order valence-electron chi connectivity index (χ1n) is 7.52. The van der Waals surface area contributed by atoms with Gasteiger partial charge in [-0.25, -0.2) is 0 Å². The summed E-state index contributed by atoms with van der Waals surface area (Å²) in [6.07, 6.45) is 0. The Morgan fingerprint density at radius 3 is 1.45 bits per heavy atom. The van der Waals surface area contributed by atoms with Crippen LogP contribution in [0.2, 0.25) is 0 Å². The molecule has 0 aliphatic rings. The molecule has 0 spiro atoms. The monoisotopic (exact) mass is 292 g/mol. The SMILES string of the molecule is CC(C)(C)C(c1ccccc1)(C(C)(C)C)C(C)(C)O[SiH3]. The molecule has 0 radical (unpaired) electrons. The van der Waals surface area contributed by atoms with Crippen LogP contribution < -0.4 is 0 Å². The number of hydrogen-bond acceptors (Lipinski definition) is 1. The van der Waals surface area contributed by atoms with E-state index in [1.807, 2.05) is 0 Å². The summed E-state index contributed by atoms with van der Waals surface area (Å²) >= 11 is 0. The minimum Gasteiger partial charge on any atom is -0.422 e. The molecule has 0 bridgehead atoms. The molecule has 0 unspecified atom stereocenters. The quantitative estimate of drug-likeness (QED) is 0.762. The van der Waals surface area contributed by atoms with Crippen LogP contribution in [-0.4, -0.2) is 16.1 Å². The second kappa shape index (κ2) is 5.30. The predicted octanol–water partition coefficient (Wildman–Crippen LogP) is 4.09. The van der Waals surface area contributed by atoms with Crippen LogP contribution in [0.3, 0.4) is 0 Å². The minimum absolute atomic E-state index is 0.0734. The molecule has 20 heavy (non-hydrogen) atoms. The second-order valence-corrected chi connectivity index (χ2v) is 8.74. The van der Waals surface area contributed by atoms with Crippen LogP contribution in [0.15, 0.2) is 30.3 Å². The van der Waals surface area contributed by atoms with Crippen molar-refractivity contribution >= 4 is 10.5 Å². The Bertz CT molecular complexity index is 421. The minimum atomic E-state index is -0.211. The third-order valence-corrected chi connectivity index (χ3v) is 5.89. The highest BCUT2D eigenvalue weighted by Crippen LogP contribution is 2.59. The highest BCUT2D eigenvalue weighted by atomic mass is 28.2. The molecule has 0 aliphatic heterocycles. The first-order valence-corrected chi connectivity index (χ1v) is 8.34. The fourth-order valence-electron chi connectivity index (χ4n) is 4.99. The highest BCUT2D eigenvalue weighted by Gasteiger charge is 2.60. The van der Waals surface area contributed by atoms with Gasteiger partial charge in [0.1, 0.15) is 10.5 Å². The molecule has 1 rings (SSSR count). The van der Waals surface area contributed by atoms with Gasteiger partial charge in [-0.1, -0.05) is 71.9 Å². The lowest BCUT2D eigenvalue weighted by Gasteiger charge is -2.62. The average molecular weight is 293 g/mol. The fraction of sp³-hybridized carbons (Fsp3) is 0.667. The normalized spacial score (nSPS) is 14.6. The van der Waals surface area contributed by atoms with E-state index in [2.05, 4.69) is 85.7 Å². The summed E-state index contributed by atoms with van der Waals surface area (Å²) in [5.41, 5.74) is 1.26. The topological polar surface area (TPSA) is 9.23 Å². The Hall–Kier alpha value is -0.603. The maximum atomic E-state index is 6.15. The molecule has 2 heteroatoms. The molecular weight excluding hydrogens is 260 g/mol. The lowest BCUT2D eigenvalue weighted by molar-refractivity contribution is -0.101. The van der Waals surface area contributed by atoms with Crippen molar-refractivity contribution in [3.8, 4) is 0 Å². The molecular formula is C18H32OSi. The van der Waals surface area contributed by atoms with E-state index in [0.717, 1.165) is 10.5 Å². The van der Waals surface area contributed by atoms with Crippen LogP contribution in [0.5, 0.6) is 0 Å². The van der Waals surface area contributed by atoms with Gasteiger partial charge in [-0.15, -0.1) is 0 Å². The van der Waals surface area contributed by atoms with Crippen LogP contribution in [-0.2, 0) is 9.84 Å². The molecule has 0 amide bonds. The Morgan fingerprint density at radius 2 is 1.15 bits per heavy atom. The van der Waals surface area contributed by atoms with Gasteiger partial charge in [0.05, 0.1) is 5.60 Å².